The molecule has 0 spiro atoms. The number of nitrogens with zero attached hydrogens (tertiary/aromatic N) is 2. The third-order valence-corrected chi connectivity index (χ3v) is 3.47. The van der Waals surface area contributed by atoms with Gasteiger partial charge in [0.25, 0.3) is 0 Å². The summed E-state index contributed by atoms with van der Waals surface area (Å²) in [5, 5.41) is 15.9. The largest absolute Gasteiger partial charge is 0.396 e. The van der Waals surface area contributed by atoms with Gasteiger partial charge in [-0.3, -0.25) is 0 Å². The van der Waals surface area contributed by atoms with Crippen molar-refractivity contribution in [3.05, 3.63) is 11.9 Å². The first kappa shape index (κ1) is 16.7. The standard InChI is InChI=1S/C15H28N4O/c1-10(2)12-13(16-6)17-9-18-14(12)19-11(7-8-20)15(3,4)5/h9-11,20H,7-8H2,1-6H3,(H2,16,17,18,19). The van der Waals surface area contributed by atoms with Gasteiger partial charge in [-0.05, 0) is 17.8 Å². The molecule has 1 rings (SSSR count). The molecule has 5 nitrogen and oxygen atoms in total. The van der Waals surface area contributed by atoms with Crippen LogP contribution >= 0.6 is 0 Å². The Labute approximate surface area is 122 Å². The highest BCUT2D eigenvalue weighted by molar-refractivity contribution is 5.59. The van der Waals surface area contributed by atoms with Gasteiger partial charge in [-0.2, -0.15) is 0 Å². The van der Waals surface area contributed by atoms with E-state index < -0.39 is 0 Å². The minimum Gasteiger partial charge on any atom is -0.396 e. The van der Waals surface area contributed by atoms with Crippen molar-refractivity contribution in [2.75, 3.05) is 24.3 Å². The van der Waals surface area contributed by atoms with Crippen LogP contribution in [-0.4, -0.2) is 34.8 Å². The van der Waals surface area contributed by atoms with Crippen LogP contribution in [0.2, 0.25) is 0 Å². The van der Waals surface area contributed by atoms with Gasteiger partial charge >= 0.3 is 0 Å². The zero-order valence-electron chi connectivity index (χ0n) is 13.5. The normalized spacial score (nSPS) is 13.4. The first-order valence-electron chi connectivity index (χ1n) is 7.21. The van der Waals surface area contributed by atoms with Crippen LogP contribution in [0.4, 0.5) is 11.6 Å². The Morgan fingerprint density at radius 1 is 1.20 bits per heavy atom. The van der Waals surface area contributed by atoms with Gasteiger partial charge in [0.1, 0.15) is 18.0 Å². The third kappa shape index (κ3) is 4.07. The van der Waals surface area contributed by atoms with Gasteiger partial charge in [0.15, 0.2) is 0 Å². The third-order valence-electron chi connectivity index (χ3n) is 3.47. The van der Waals surface area contributed by atoms with E-state index in [0.29, 0.717) is 12.3 Å². The number of aromatic nitrogens is 2. The molecule has 3 N–H and O–H groups in total. The van der Waals surface area contributed by atoms with Crippen LogP contribution in [0.3, 0.4) is 0 Å². The molecule has 1 atom stereocenters. The monoisotopic (exact) mass is 280 g/mol. The van der Waals surface area contributed by atoms with Crippen molar-refractivity contribution in [3.63, 3.8) is 0 Å². The first-order chi connectivity index (χ1) is 9.31. The predicted octanol–water partition coefficient (Wildman–Crippen LogP) is 2.85. The smallest absolute Gasteiger partial charge is 0.135 e. The quantitative estimate of drug-likeness (QED) is 0.747. The lowest BCUT2D eigenvalue weighted by molar-refractivity contribution is 0.235. The lowest BCUT2D eigenvalue weighted by Gasteiger charge is -2.32. The summed E-state index contributed by atoms with van der Waals surface area (Å²) in [7, 11) is 1.87. The fourth-order valence-corrected chi connectivity index (χ4v) is 2.27. The summed E-state index contributed by atoms with van der Waals surface area (Å²) >= 11 is 0. The molecule has 0 radical (unpaired) electrons. The molecular formula is C15H28N4O. The molecule has 1 aromatic rings. The van der Waals surface area contributed by atoms with Crippen LogP contribution in [0, 0.1) is 5.41 Å². The molecule has 0 saturated carbocycles. The summed E-state index contributed by atoms with van der Waals surface area (Å²) in [6.07, 6.45) is 2.26. The maximum Gasteiger partial charge on any atom is 0.135 e. The van der Waals surface area contributed by atoms with Crippen LogP contribution in [-0.2, 0) is 0 Å². The van der Waals surface area contributed by atoms with Crippen molar-refractivity contribution in [3.8, 4) is 0 Å². The van der Waals surface area contributed by atoms with E-state index in [1.807, 2.05) is 7.05 Å². The van der Waals surface area contributed by atoms with Crippen molar-refractivity contribution in [1.29, 1.82) is 0 Å². The Kier molecular flexibility index (Phi) is 5.74. The van der Waals surface area contributed by atoms with Crippen LogP contribution in [0.15, 0.2) is 6.33 Å². The Bertz CT molecular complexity index is 426. The molecule has 0 aliphatic carbocycles. The van der Waals surface area contributed by atoms with Gasteiger partial charge in [0.05, 0.1) is 0 Å². The number of hydrogen-bond donors (Lipinski definition) is 3. The second-order valence-electron chi connectivity index (χ2n) is 6.46. The summed E-state index contributed by atoms with van der Waals surface area (Å²) in [6.45, 7) is 10.9. The number of aliphatic hydroxyl groups excluding tert-OH is 1. The fraction of sp³-hybridized carbons (Fsp3) is 0.733. The minimum absolute atomic E-state index is 0.0434. The van der Waals surface area contributed by atoms with Crippen LogP contribution in [0.25, 0.3) is 0 Å². The molecule has 0 fully saturated rings. The number of rotatable bonds is 6. The molecule has 5 heteroatoms. The summed E-state index contributed by atoms with van der Waals surface area (Å²) in [5.41, 5.74) is 1.13. The average molecular weight is 280 g/mol. The van der Waals surface area contributed by atoms with Crippen LogP contribution in [0.5, 0.6) is 0 Å². The second-order valence-corrected chi connectivity index (χ2v) is 6.46. The highest BCUT2D eigenvalue weighted by atomic mass is 16.3. The SMILES string of the molecule is CNc1ncnc(NC(CCO)C(C)(C)C)c1C(C)C. The summed E-state index contributed by atoms with van der Waals surface area (Å²) in [4.78, 5) is 8.68. The van der Waals surface area contributed by atoms with Gasteiger partial charge in [0, 0.05) is 25.3 Å². The van der Waals surface area contributed by atoms with E-state index >= 15 is 0 Å². The molecule has 0 aliphatic rings. The Morgan fingerprint density at radius 2 is 1.80 bits per heavy atom. The number of hydrogen-bond acceptors (Lipinski definition) is 5. The Hall–Kier alpha value is -1.36. The van der Waals surface area contributed by atoms with Crippen molar-refractivity contribution in [2.45, 2.75) is 53.0 Å². The summed E-state index contributed by atoms with van der Waals surface area (Å²) in [5.74, 6) is 2.03. The fourth-order valence-electron chi connectivity index (χ4n) is 2.27. The predicted molar refractivity (Wildman–Crippen MR) is 84.2 cm³/mol. The van der Waals surface area contributed by atoms with E-state index in [-0.39, 0.29) is 18.1 Å². The molecule has 0 bridgehead atoms. The lowest BCUT2D eigenvalue weighted by Crippen LogP contribution is -2.35. The van der Waals surface area contributed by atoms with Crippen molar-refractivity contribution < 1.29 is 5.11 Å². The van der Waals surface area contributed by atoms with Gasteiger partial charge in [-0.25, -0.2) is 9.97 Å². The van der Waals surface area contributed by atoms with Crippen molar-refractivity contribution in [1.82, 2.24) is 9.97 Å². The topological polar surface area (TPSA) is 70.1 Å². The van der Waals surface area contributed by atoms with E-state index in [2.05, 4.69) is 55.2 Å². The first-order valence-corrected chi connectivity index (χ1v) is 7.21. The van der Waals surface area contributed by atoms with E-state index in [4.69, 9.17) is 0 Å². The Morgan fingerprint density at radius 3 is 2.25 bits per heavy atom. The minimum atomic E-state index is 0.0434. The lowest BCUT2D eigenvalue weighted by atomic mass is 9.84. The molecule has 0 saturated heterocycles. The molecule has 1 unspecified atom stereocenters. The maximum atomic E-state index is 9.27. The van der Waals surface area contributed by atoms with Crippen LogP contribution < -0.4 is 10.6 Å². The van der Waals surface area contributed by atoms with Crippen molar-refractivity contribution >= 4 is 11.6 Å². The highest BCUT2D eigenvalue weighted by Crippen LogP contribution is 2.31. The molecule has 0 aromatic carbocycles. The maximum absolute atomic E-state index is 9.27. The van der Waals surface area contributed by atoms with Crippen LogP contribution in [0.1, 0.15) is 52.5 Å². The number of nitrogens with one attached hydrogen (secondary N) is 2. The van der Waals surface area contributed by atoms with E-state index in [0.717, 1.165) is 17.2 Å². The Balaban J connectivity index is 3.12. The van der Waals surface area contributed by atoms with E-state index in [9.17, 15) is 5.11 Å². The molecule has 114 valence electrons. The molecular weight excluding hydrogens is 252 g/mol. The summed E-state index contributed by atoms with van der Waals surface area (Å²) < 4.78 is 0. The average Bonchev–Trinajstić information content (AvgIpc) is 2.36. The van der Waals surface area contributed by atoms with E-state index in [1.165, 1.54) is 0 Å². The summed E-state index contributed by atoms with van der Waals surface area (Å²) in [6, 6.07) is 0.157. The van der Waals surface area contributed by atoms with Gasteiger partial charge in [0.2, 0.25) is 0 Å². The van der Waals surface area contributed by atoms with Gasteiger partial charge in [-0.15, -0.1) is 0 Å². The number of aliphatic hydroxyl groups is 1. The molecule has 20 heavy (non-hydrogen) atoms. The van der Waals surface area contributed by atoms with Gasteiger partial charge in [-0.1, -0.05) is 34.6 Å². The van der Waals surface area contributed by atoms with Gasteiger partial charge < -0.3 is 15.7 Å². The second kappa shape index (κ2) is 6.88. The molecule has 0 amide bonds. The molecule has 0 aliphatic heterocycles. The molecule has 1 heterocycles. The zero-order chi connectivity index (χ0) is 15.3. The zero-order valence-corrected chi connectivity index (χ0v) is 13.5. The highest BCUT2D eigenvalue weighted by Gasteiger charge is 2.26. The number of anilines is 2. The van der Waals surface area contributed by atoms with E-state index in [1.54, 1.807) is 6.33 Å². The van der Waals surface area contributed by atoms with Crippen molar-refractivity contribution in [2.24, 2.45) is 5.41 Å². The molecule has 1 aromatic heterocycles.